The highest BCUT2D eigenvalue weighted by atomic mass is 16.7. The molecule has 2 aromatic carbocycles. The van der Waals surface area contributed by atoms with E-state index in [-0.39, 0.29) is 18.4 Å². The summed E-state index contributed by atoms with van der Waals surface area (Å²) in [6, 6.07) is 15.6. The third-order valence-corrected chi connectivity index (χ3v) is 4.10. The quantitative estimate of drug-likeness (QED) is 0.305. The van der Waals surface area contributed by atoms with Crippen molar-refractivity contribution >= 4 is 18.0 Å². The first-order valence-corrected chi connectivity index (χ1v) is 10.3. The van der Waals surface area contributed by atoms with Crippen LogP contribution in [-0.2, 0) is 9.53 Å². The average molecular weight is 428 g/mol. The Morgan fingerprint density at radius 3 is 2.26 bits per heavy atom. The molecule has 0 saturated heterocycles. The number of ether oxygens (including phenoxy) is 3. The molecule has 0 unspecified atom stereocenters. The summed E-state index contributed by atoms with van der Waals surface area (Å²) in [5, 5.41) is 5.61. The minimum atomic E-state index is -0.787. The van der Waals surface area contributed by atoms with E-state index in [2.05, 4.69) is 15.4 Å². The Hall–Kier alpha value is -3.55. The SMILES string of the molecule is CCOC(=O)Oc1ccc(C(=O)NCCCNC(=O)CCCOc2ccccc2)cc1. The molecule has 2 rings (SSSR count). The third kappa shape index (κ3) is 9.66. The average Bonchev–Trinajstić information content (AvgIpc) is 2.78. The van der Waals surface area contributed by atoms with Crippen molar-refractivity contribution in [2.24, 2.45) is 0 Å². The lowest BCUT2D eigenvalue weighted by atomic mass is 10.2. The molecule has 0 aliphatic carbocycles. The zero-order chi connectivity index (χ0) is 22.3. The van der Waals surface area contributed by atoms with Gasteiger partial charge in [0.05, 0.1) is 13.2 Å². The van der Waals surface area contributed by atoms with Gasteiger partial charge in [0, 0.05) is 25.1 Å². The molecule has 0 aromatic heterocycles. The van der Waals surface area contributed by atoms with Gasteiger partial charge in [-0.3, -0.25) is 9.59 Å². The second kappa shape index (κ2) is 13.6. The van der Waals surface area contributed by atoms with Gasteiger partial charge in [-0.1, -0.05) is 18.2 Å². The summed E-state index contributed by atoms with van der Waals surface area (Å²) < 4.78 is 15.2. The van der Waals surface area contributed by atoms with Gasteiger partial charge in [-0.05, 0) is 56.2 Å². The van der Waals surface area contributed by atoms with Crippen molar-refractivity contribution in [3.05, 3.63) is 60.2 Å². The largest absolute Gasteiger partial charge is 0.513 e. The lowest BCUT2D eigenvalue weighted by Gasteiger charge is -2.08. The predicted octanol–water partition coefficient (Wildman–Crippen LogP) is 3.32. The molecule has 2 aromatic rings. The number of benzene rings is 2. The molecule has 166 valence electrons. The van der Waals surface area contributed by atoms with Crippen molar-refractivity contribution < 1.29 is 28.6 Å². The summed E-state index contributed by atoms with van der Waals surface area (Å²) in [7, 11) is 0. The first kappa shape index (κ1) is 23.7. The molecule has 0 bridgehead atoms. The number of carbonyl (C=O) groups excluding carboxylic acids is 3. The highest BCUT2D eigenvalue weighted by Gasteiger charge is 2.08. The normalized spacial score (nSPS) is 10.1. The van der Waals surface area contributed by atoms with Crippen LogP contribution in [0.2, 0.25) is 0 Å². The molecule has 0 radical (unpaired) electrons. The van der Waals surface area contributed by atoms with Crippen LogP contribution >= 0.6 is 0 Å². The Morgan fingerprint density at radius 1 is 0.839 bits per heavy atom. The molecule has 0 aliphatic rings. The molecule has 2 amide bonds. The van der Waals surface area contributed by atoms with Gasteiger partial charge in [-0.15, -0.1) is 0 Å². The lowest BCUT2D eigenvalue weighted by molar-refractivity contribution is -0.121. The molecule has 0 spiro atoms. The molecule has 8 heteroatoms. The zero-order valence-corrected chi connectivity index (χ0v) is 17.6. The van der Waals surface area contributed by atoms with Gasteiger partial charge in [-0.25, -0.2) is 4.79 Å². The lowest BCUT2D eigenvalue weighted by Crippen LogP contribution is -2.29. The number of rotatable bonds is 12. The monoisotopic (exact) mass is 428 g/mol. The van der Waals surface area contributed by atoms with Gasteiger partial charge in [0.2, 0.25) is 5.91 Å². The van der Waals surface area contributed by atoms with Crippen molar-refractivity contribution in [3.8, 4) is 11.5 Å². The Balaban J connectivity index is 1.54. The maximum atomic E-state index is 12.1. The van der Waals surface area contributed by atoms with E-state index in [1.165, 1.54) is 12.1 Å². The number of nitrogens with one attached hydrogen (secondary N) is 2. The van der Waals surface area contributed by atoms with Crippen LogP contribution in [0.15, 0.2) is 54.6 Å². The summed E-state index contributed by atoms with van der Waals surface area (Å²) in [6.07, 6.45) is 0.847. The van der Waals surface area contributed by atoms with E-state index in [1.807, 2.05) is 30.3 Å². The molecule has 0 fully saturated rings. The van der Waals surface area contributed by atoms with Crippen LogP contribution in [0, 0.1) is 0 Å². The maximum absolute atomic E-state index is 12.1. The predicted molar refractivity (Wildman–Crippen MR) is 115 cm³/mol. The number of para-hydroxylation sites is 1. The summed E-state index contributed by atoms with van der Waals surface area (Å²) >= 11 is 0. The molecule has 0 aliphatic heterocycles. The Labute approximate surface area is 181 Å². The van der Waals surface area contributed by atoms with E-state index in [9.17, 15) is 14.4 Å². The Morgan fingerprint density at radius 2 is 1.55 bits per heavy atom. The summed E-state index contributed by atoms with van der Waals surface area (Å²) in [5.74, 6) is 0.805. The Kier molecular flexibility index (Phi) is 10.4. The molecule has 31 heavy (non-hydrogen) atoms. The van der Waals surface area contributed by atoms with E-state index in [0.29, 0.717) is 50.3 Å². The molecule has 0 heterocycles. The molecule has 2 N–H and O–H groups in total. The molecule has 0 atom stereocenters. The van der Waals surface area contributed by atoms with Crippen molar-refractivity contribution in [3.63, 3.8) is 0 Å². The van der Waals surface area contributed by atoms with Crippen LogP contribution in [0.5, 0.6) is 11.5 Å². The minimum Gasteiger partial charge on any atom is -0.494 e. The third-order valence-electron chi connectivity index (χ3n) is 4.10. The van der Waals surface area contributed by atoms with Gasteiger partial charge in [0.25, 0.3) is 5.91 Å². The smallest absolute Gasteiger partial charge is 0.494 e. The van der Waals surface area contributed by atoms with Gasteiger partial charge in [0.1, 0.15) is 11.5 Å². The highest BCUT2D eigenvalue weighted by Crippen LogP contribution is 2.13. The fraction of sp³-hybridized carbons (Fsp3) is 0.348. The van der Waals surface area contributed by atoms with Crippen molar-refractivity contribution in [2.45, 2.75) is 26.2 Å². The van der Waals surface area contributed by atoms with Crippen molar-refractivity contribution in [2.75, 3.05) is 26.3 Å². The van der Waals surface area contributed by atoms with Crippen LogP contribution in [0.3, 0.4) is 0 Å². The maximum Gasteiger partial charge on any atom is 0.513 e. The standard InChI is InChI=1S/C23H28N2O6/c1-2-29-23(28)31-20-13-11-18(12-14-20)22(27)25-16-7-15-24-21(26)10-6-17-30-19-8-4-3-5-9-19/h3-5,8-9,11-14H,2,6-7,10,15-17H2,1H3,(H,24,26)(H,25,27). The van der Waals surface area contributed by atoms with Crippen LogP contribution in [0.1, 0.15) is 36.5 Å². The minimum absolute atomic E-state index is 0.0415. The number of amides is 2. The molecule has 8 nitrogen and oxygen atoms in total. The molecule has 0 saturated carbocycles. The van der Waals surface area contributed by atoms with E-state index in [0.717, 1.165) is 5.75 Å². The number of hydrogen-bond donors (Lipinski definition) is 2. The first-order valence-electron chi connectivity index (χ1n) is 10.3. The van der Waals surface area contributed by atoms with Crippen LogP contribution in [0.4, 0.5) is 4.79 Å². The summed E-state index contributed by atoms with van der Waals surface area (Å²) in [5.41, 5.74) is 0.443. The number of carbonyl (C=O) groups is 3. The zero-order valence-electron chi connectivity index (χ0n) is 17.6. The van der Waals surface area contributed by atoms with E-state index in [4.69, 9.17) is 9.47 Å². The molecular formula is C23H28N2O6. The van der Waals surface area contributed by atoms with Crippen molar-refractivity contribution in [1.29, 1.82) is 0 Å². The number of hydrogen-bond acceptors (Lipinski definition) is 6. The summed E-state index contributed by atoms with van der Waals surface area (Å²) in [6.45, 7) is 3.30. The van der Waals surface area contributed by atoms with E-state index in [1.54, 1.807) is 19.1 Å². The van der Waals surface area contributed by atoms with Crippen LogP contribution in [-0.4, -0.2) is 44.3 Å². The second-order valence-electron chi connectivity index (χ2n) is 6.53. The van der Waals surface area contributed by atoms with Gasteiger partial charge < -0.3 is 24.8 Å². The van der Waals surface area contributed by atoms with Crippen LogP contribution in [0.25, 0.3) is 0 Å². The topological polar surface area (TPSA) is 103 Å². The van der Waals surface area contributed by atoms with E-state index < -0.39 is 6.16 Å². The van der Waals surface area contributed by atoms with E-state index >= 15 is 0 Å². The Bertz CT molecular complexity index is 824. The summed E-state index contributed by atoms with van der Waals surface area (Å²) in [4.78, 5) is 35.2. The van der Waals surface area contributed by atoms with Gasteiger partial charge >= 0.3 is 6.16 Å². The second-order valence-corrected chi connectivity index (χ2v) is 6.53. The fourth-order valence-electron chi connectivity index (χ4n) is 2.57. The molecular weight excluding hydrogens is 400 g/mol. The first-order chi connectivity index (χ1) is 15.1. The van der Waals surface area contributed by atoms with Gasteiger partial charge in [0.15, 0.2) is 0 Å². The fourth-order valence-corrected chi connectivity index (χ4v) is 2.57. The van der Waals surface area contributed by atoms with Gasteiger partial charge in [-0.2, -0.15) is 0 Å². The van der Waals surface area contributed by atoms with Crippen molar-refractivity contribution in [1.82, 2.24) is 10.6 Å². The highest BCUT2D eigenvalue weighted by molar-refractivity contribution is 5.94. The van der Waals surface area contributed by atoms with Crippen LogP contribution < -0.4 is 20.1 Å².